The summed E-state index contributed by atoms with van der Waals surface area (Å²) in [6, 6.07) is 10.5. The molecule has 2 unspecified atom stereocenters. The Morgan fingerprint density at radius 2 is 2.15 bits per heavy atom. The van der Waals surface area contributed by atoms with Crippen molar-refractivity contribution in [2.24, 2.45) is 0 Å². The van der Waals surface area contributed by atoms with E-state index >= 15 is 0 Å². The Hall–Kier alpha value is -2.11. The first-order valence-electron chi connectivity index (χ1n) is 9.17. The summed E-state index contributed by atoms with van der Waals surface area (Å²) in [5.41, 5.74) is 1.44. The van der Waals surface area contributed by atoms with E-state index in [9.17, 15) is 14.3 Å². The fourth-order valence-electron chi connectivity index (χ4n) is 3.77. The summed E-state index contributed by atoms with van der Waals surface area (Å²) in [6.45, 7) is 2.96. The van der Waals surface area contributed by atoms with Crippen LogP contribution < -0.4 is 4.74 Å². The topological polar surface area (TPSA) is 49.8 Å². The minimum Gasteiger partial charge on any atom is -0.494 e. The molecule has 0 aliphatic carbocycles. The first-order chi connectivity index (χ1) is 13.0. The molecule has 4 nitrogen and oxygen atoms in total. The van der Waals surface area contributed by atoms with Gasteiger partial charge in [-0.05, 0) is 62.2 Å². The normalized spacial score (nSPS) is 18.9. The second-order valence-corrected chi connectivity index (χ2v) is 7.10. The molecule has 27 heavy (non-hydrogen) atoms. The number of carboxylic acid groups (broad SMARTS) is 1. The molecule has 0 aromatic heterocycles. The molecule has 0 saturated carbocycles. The third-order valence-electron chi connectivity index (χ3n) is 4.89. The lowest BCUT2D eigenvalue weighted by Gasteiger charge is -2.40. The Morgan fingerprint density at radius 3 is 2.85 bits per heavy atom. The van der Waals surface area contributed by atoms with Gasteiger partial charge in [0, 0.05) is 10.6 Å². The minimum absolute atomic E-state index is 0.360. The van der Waals surface area contributed by atoms with E-state index in [1.54, 1.807) is 24.3 Å². The fourth-order valence-corrected chi connectivity index (χ4v) is 3.95. The SMILES string of the molecule is CCOc1ccc(Cl)cc1C(c1cccc(F)c1)N1CCCCC1C(=O)O. The van der Waals surface area contributed by atoms with Gasteiger partial charge in [-0.15, -0.1) is 0 Å². The van der Waals surface area contributed by atoms with Gasteiger partial charge in [-0.25, -0.2) is 4.39 Å². The molecule has 2 atom stereocenters. The van der Waals surface area contributed by atoms with Gasteiger partial charge in [-0.3, -0.25) is 9.69 Å². The first-order valence-corrected chi connectivity index (χ1v) is 9.55. The number of halogens is 2. The predicted octanol–water partition coefficient (Wildman–Crippen LogP) is 4.91. The molecule has 2 aromatic rings. The number of rotatable bonds is 6. The largest absolute Gasteiger partial charge is 0.494 e. The van der Waals surface area contributed by atoms with E-state index in [2.05, 4.69) is 0 Å². The van der Waals surface area contributed by atoms with Crippen LogP contribution in [0.4, 0.5) is 4.39 Å². The van der Waals surface area contributed by atoms with E-state index in [-0.39, 0.29) is 5.82 Å². The number of nitrogens with zero attached hydrogens (tertiary/aromatic N) is 1. The van der Waals surface area contributed by atoms with Gasteiger partial charge >= 0.3 is 5.97 Å². The van der Waals surface area contributed by atoms with Crippen molar-refractivity contribution < 1.29 is 19.0 Å². The zero-order valence-corrected chi connectivity index (χ0v) is 16.0. The summed E-state index contributed by atoms with van der Waals surface area (Å²) >= 11 is 6.25. The molecule has 0 bridgehead atoms. The number of hydrogen-bond donors (Lipinski definition) is 1. The van der Waals surface area contributed by atoms with Crippen LogP contribution in [0, 0.1) is 5.82 Å². The number of likely N-dealkylation sites (tertiary alicyclic amines) is 1. The van der Waals surface area contributed by atoms with E-state index in [0.29, 0.717) is 35.9 Å². The predicted molar refractivity (Wildman–Crippen MR) is 103 cm³/mol. The average molecular weight is 392 g/mol. The fraction of sp³-hybridized carbons (Fsp3) is 0.381. The number of carbonyl (C=O) groups is 1. The molecule has 2 aromatic carbocycles. The summed E-state index contributed by atoms with van der Waals surface area (Å²) in [6.07, 6.45) is 2.31. The van der Waals surface area contributed by atoms with Crippen molar-refractivity contribution in [3.05, 3.63) is 64.4 Å². The standard InChI is InChI=1S/C21H23ClFNO3/c1-2-27-19-10-9-15(22)13-17(19)20(14-6-5-7-16(23)12-14)24-11-4-3-8-18(24)21(25)26/h5-7,9-10,12-13,18,20H,2-4,8,11H2,1H3,(H,25,26). The number of aliphatic carboxylic acids is 1. The number of ether oxygens (including phenoxy) is 1. The van der Waals surface area contributed by atoms with Crippen LogP contribution in [-0.2, 0) is 4.79 Å². The molecule has 1 heterocycles. The highest BCUT2D eigenvalue weighted by Gasteiger charge is 2.36. The van der Waals surface area contributed by atoms with E-state index < -0.39 is 18.1 Å². The number of hydrogen-bond acceptors (Lipinski definition) is 3. The van der Waals surface area contributed by atoms with Gasteiger partial charge < -0.3 is 9.84 Å². The van der Waals surface area contributed by atoms with Crippen molar-refractivity contribution in [2.75, 3.05) is 13.2 Å². The molecule has 1 N–H and O–H groups in total. The molecule has 0 radical (unpaired) electrons. The highest BCUT2D eigenvalue weighted by atomic mass is 35.5. The summed E-state index contributed by atoms with van der Waals surface area (Å²) in [4.78, 5) is 13.8. The molecule has 1 fully saturated rings. The second kappa shape index (κ2) is 8.72. The zero-order valence-electron chi connectivity index (χ0n) is 15.2. The Kier molecular flexibility index (Phi) is 6.34. The molecule has 1 aliphatic heterocycles. The second-order valence-electron chi connectivity index (χ2n) is 6.66. The van der Waals surface area contributed by atoms with Gasteiger partial charge in [0.1, 0.15) is 17.6 Å². The van der Waals surface area contributed by atoms with Gasteiger partial charge in [0.05, 0.1) is 12.6 Å². The maximum absolute atomic E-state index is 14.0. The third-order valence-corrected chi connectivity index (χ3v) is 5.13. The lowest BCUT2D eigenvalue weighted by atomic mass is 9.91. The van der Waals surface area contributed by atoms with Gasteiger partial charge in [-0.1, -0.05) is 30.2 Å². The Bertz CT molecular complexity index is 814. The molecule has 3 rings (SSSR count). The van der Waals surface area contributed by atoms with Crippen molar-refractivity contribution in [3.8, 4) is 5.75 Å². The molecular formula is C21H23ClFNO3. The number of benzene rings is 2. The van der Waals surface area contributed by atoms with Gasteiger partial charge in [0.25, 0.3) is 0 Å². The van der Waals surface area contributed by atoms with Crippen molar-refractivity contribution in [1.29, 1.82) is 0 Å². The van der Waals surface area contributed by atoms with Crippen molar-refractivity contribution in [3.63, 3.8) is 0 Å². The van der Waals surface area contributed by atoms with Crippen molar-refractivity contribution in [1.82, 2.24) is 4.90 Å². The molecule has 6 heteroatoms. The van der Waals surface area contributed by atoms with E-state index in [1.165, 1.54) is 12.1 Å². The Balaban J connectivity index is 2.16. The van der Waals surface area contributed by atoms with Crippen LogP contribution in [0.1, 0.15) is 43.4 Å². The first kappa shape index (κ1) is 19.6. The maximum Gasteiger partial charge on any atom is 0.320 e. The highest BCUT2D eigenvalue weighted by Crippen LogP contribution is 2.39. The molecule has 1 aliphatic rings. The van der Waals surface area contributed by atoms with Gasteiger partial charge in [-0.2, -0.15) is 0 Å². The molecule has 1 saturated heterocycles. The Labute approximate surface area is 163 Å². The monoisotopic (exact) mass is 391 g/mol. The maximum atomic E-state index is 14.0. The third kappa shape index (κ3) is 4.42. The zero-order chi connectivity index (χ0) is 19.4. The number of carboxylic acids is 1. The van der Waals surface area contributed by atoms with Crippen LogP contribution in [0.15, 0.2) is 42.5 Å². The van der Waals surface area contributed by atoms with Crippen molar-refractivity contribution >= 4 is 17.6 Å². The Morgan fingerprint density at radius 1 is 1.33 bits per heavy atom. The van der Waals surface area contributed by atoms with Crippen LogP contribution in [-0.4, -0.2) is 35.2 Å². The lowest BCUT2D eigenvalue weighted by Crippen LogP contribution is -2.47. The van der Waals surface area contributed by atoms with E-state index in [4.69, 9.17) is 16.3 Å². The summed E-state index contributed by atoms with van der Waals surface area (Å²) < 4.78 is 19.8. The van der Waals surface area contributed by atoms with Crippen LogP contribution in [0.2, 0.25) is 5.02 Å². The summed E-state index contributed by atoms with van der Waals surface area (Å²) in [7, 11) is 0. The van der Waals surface area contributed by atoms with Crippen LogP contribution >= 0.6 is 11.6 Å². The van der Waals surface area contributed by atoms with Crippen LogP contribution in [0.3, 0.4) is 0 Å². The van der Waals surface area contributed by atoms with Gasteiger partial charge in [0.2, 0.25) is 0 Å². The molecule has 0 amide bonds. The minimum atomic E-state index is -0.865. The summed E-state index contributed by atoms with van der Waals surface area (Å²) in [5, 5.41) is 10.3. The van der Waals surface area contributed by atoms with Crippen LogP contribution in [0.25, 0.3) is 0 Å². The average Bonchev–Trinajstić information content (AvgIpc) is 2.64. The van der Waals surface area contributed by atoms with Gasteiger partial charge in [0.15, 0.2) is 0 Å². The highest BCUT2D eigenvalue weighted by molar-refractivity contribution is 6.30. The molecule has 0 spiro atoms. The van der Waals surface area contributed by atoms with E-state index in [1.807, 2.05) is 17.9 Å². The quantitative estimate of drug-likeness (QED) is 0.760. The lowest BCUT2D eigenvalue weighted by molar-refractivity contribution is -0.145. The molecule has 144 valence electrons. The smallest absolute Gasteiger partial charge is 0.320 e. The van der Waals surface area contributed by atoms with E-state index in [0.717, 1.165) is 18.4 Å². The number of piperidine rings is 1. The van der Waals surface area contributed by atoms with Crippen molar-refractivity contribution in [2.45, 2.75) is 38.3 Å². The van der Waals surface area contributed by atoms with Crippen LogP contribution in [0.5, 0.6) is 5.75 Å². The molecular weight excluding hydrogens is 369 g/mol. The summed E-state index contributed by atoms with van der Waals surface area (Å²) in [5.74, 6) is -0.594.